The molecule has 1 aromatic heterocycles. The second-order valence-corrected chi connectivity index (χ2v) is 6.65. The molecule has 6 nitrogen and oxygen atoms in total. The maximum Gasteiger partial charge on any atom is 0.248 e. The minimum atomic E-state index is -0.516. The number of primary amides is 1. The zero-order valence-electron chi connectivity index (χ0n) is 14.1. The van der Waals surface area contributed by atoms with E-state index in [1.54, 1.807) is 36.1 Å². The van der Waals surface area contributed by atoms with Gasteiger partial charge in [0.15, 0.2) is 0 Å². The topological polar surface area (TPSA) is 96.2 Å². The Balaban J connectivity index is 2.35. The number of hydrogen-bond acceptors (Lipinski definition) is 4. The highest BCUT2D eigenvalue weighted by Gasteiger charge is 2.17. The third-order valence-corrected chi connectivity index (χ3v) is 3.92. The number of carbonyl (C=O) groups excluding carboxylic acids is 1. The number of carbonyl (C=O) groups is 1. The van der Waals surface area contributed by atoms with Crippen molar-refractivity contribution in [2.75, 3.05) is 6.61 Å². The van der Waals surface area contributed by atoms with Gasteiger partial charge >= 0.3 is 0 Å². The fraction of sp³-hybridized carbons (Fsp3) is 0.412. The lowest BCUT2D eigenvalue weighted by Crippen LogP contribution is -2.29. The van der Waals surface area contributed by atoms with Gasteiger partial charge in [-0.05, 0) is 30.5 Å². The summed E-state index contributed by atoms with van der Waals surface area (Å²) in [5, 5.41) is 4.60. The fourth-order valence-electron chi connectivity index (χ4n) is 2.58. The molecule has 0 aliphatic rings. The lowest BCUT2D eigenvalue weighted by atomic mass is 10.0. The summed E-state index contributed by atoms with van der Waals surface area (Å²) in [7, 11) is 1.77. The highest BCUT2D eigenvalue weighted by atomic mass is 35.5. The molecule has 0 spiro atoms. The molecule has 0 unspecified atom stereocenters. The number of rotatable bonds is 7. The van der Waals surface area contributed by atoms with Crippen LogP contribution in [0.3, 0.4) is 0 Å². The van der Waals surface area contributed by atoms with Gasteiger partial charge < -0.3 is 16.2 Å². The zero-order valence-corrected chi connectivity index (χ0v) is 14.9. The lowest BCUT2D eigenvalue weighted by Gasteiger charge is -2.18. The van der Waals surface area contributed by atoms with Gasteiger partial charge in [-0.15, -0.1) is 0 Å². The van der Waals surface area contributed by atoms with E-state index in [4.69, 9.17) is 27.8 Å². The van der Waals surface area contributed by atoms with Crippen molar-refractivity contribution in [2.24, 2.45) is 24.4 Å². The van der Waals surface area contributed by atoms with Crippen molar-refractivity contribution in [2.45, 2.75) is 26.3 Å². The van der Waals surface area contributed by atoms with E-state index in [1.165, 1.54) is 0 Å². The highest BCUT2D eigenvalue weighted by molar-refractivity contribution is 6.33. The average molecular weight is 351 g/mol. The van der Waals surface area contributed by atoms with Crippen molar-refractivity contribution in [3.8, 4) is 17.0 Å². The summed E-state index contributed by atoms with van der Waals surface area (Å²) in [4.78, 5) is 11.5. The SMILES string of the molecule is CC(C)C[C@@H](N)COc1ccc(C(N)=O)cc1-c1c(Cl)cnn1C. The van der Waals surface area contributed by atoms with E-state index in [2.05, 4.69) is 18.9 Å². The summed E-state index contributed by atoms with van der Waals surface area (Å²) in [6.07, 6.45) is 2.41. The van der Waals surface area contributed by atoms with Crippen LogP contribution in [-0.4, -0.2) is 28.3 Å². The van der Waals surface area contributed by atoms with Crippen molar-refractivity contribution >= 4 is 17.5 Å². The van der Waals surface area contributed by atoms with Crippen LogP contribution < -0.4 is 16.2 Å². The first kappa shape index (κ1) is 18.3. The molecule has 130 valence electrons. The van der Waals surface area contributed by atoms with Crippen LogP contribution in [0.4, 0.5) is 0 Å². The third kappa shape index (κ3) is 4.27. The molecule has 0 saturated carbocycles. The summed E-state index contributed by atoms with van der Waals surface area (Å²) < 4.78 is 7.52. The summed E-state index contributed by atoms with van der Waals surface area (Å²) in [5.41, 5.74) is 13.2. The number of aromatic nitrogens is 2. The Kier molecular flexibility index (Phi) is 5.85. The van der Waals surface area contributed by atoms with E-state index in [0.717, 1.165) is 6.42 Å². The van der Waals surface area contributed by atoms with Gasteiger partial charge in [0.25, 0.3) is 0 Å². The number of nitrogens with two attached hydrogens (primary N) is 2. The van der Waals surface area contributed by atoms with Gasteiger partial charge in [0.1, 0.15) is 12.4 Å². The minimum absolute atomic E-state index is 0.0734. The number of ether oxygens (including phenoxy) is 1. The summed E-state index contributed by atoms with van der Waals surface area (Å²) in [6, 6.07) is 4.92. The second kappa shape index (κ2) is 7.68. The van der Waals surface area contributed by atoms with Gasteiger partial charge in [-0.1, -0.05) is 25.4 Å². The zero-order chi connectivity index (χ0) is 17.9. The Morgan fingerprint density at radius 3 is 2.67 bits per heavy atom. The largest absolute Gasteiger partial charge is 0.491 e. The van der Waals surface area contributed by atoms with Crippen molar-refractivity contribution in [1.82, 2.24) is 9.78 Å². The quantitative estimate of drug-likeness (QED) is 0.802. The maximum absolute atomic E-state index is 11.5. The number of amides is 1. The van der Waals surface area contributed by atoms with Gasteiger partial charge in [-0.3, -0.25) is 9.48 Å². The minimum Gasteiger partial charge on any atom is -0.491 e. The molecule has 0 aliphatic carbocycles. The Labute approximate surface area is 146 Å². The molecular formula is C17H23ClN4O2. The summed E-state index contributed by atoms with van der Waals surface area (Å²) in [6.45, 7) is 4.60. The molecular weight excluding hydrogens is 328 g/mol. The number of halogens is 1. The van der Waals surface area contributed by atoms with Crippen LogP contribution in [-0.2, 0) is 7.05 Å². The summed E-state index contributed by atoms with van der Waals surface area (Å²) >= 11 is 6.24. The van der Waals surface area contributed by atoms with Crippen molar-refractivity contribution in [3.63, 3.8) is 0 Å². The van der Waals surface area contributed by atoms with E-state index in [0.29, 0.717) is 40.1 Å². The average Bonchev–Trinajstić information content (AvgIpc) is 2.83. The van der Waals surface area contributed by atoms with Crippen LogP contribution in [0.25, 0.3) is 11.3 Å². The van der Waals surface area contributed by atoms with Crippen LogP contribution >= 0.6 is 11.6 Å². The van der Waals surface area contributed by atoms with Crippen LogP contribution in [0.5, 0.6) is 5.75 Å². The Hall–Kier alpha value is -2.05. The van der Waals surface area contributed by atoms with Crippen LogP contribution in [0, 0.1) is 5.92 Å². The Morgan fingerprint density at radius 1 is 1.42 bits per heavy atom. The van der Waals surface area contributed by atoms with E-state index in [1.807, 2.05) is 0 Å². The standard InChI is InChI=1S/C17H23ClN4O2/c1-10(2)6-12(19)9-24-15-5-4-11(17(20)23)7-13(15)16-14(18)8-21-22(16)3/h4-5,7-8,10,12H,6,9,19H2,1-3H3,(H2,20,23)/t12-/m1/s1. The lowest BCUT2D eigenvalue weighted by molar-refractivity contribution is 0.100. The molecule has 0 aliphatic heterocycles. The number of benzene rings is 1. The van der Waals surface area contributed by atoms with Crippen LogP contribution in [0.2, 0.25) is 5.02 Å². The molecule has 0 bridgehead atoms. The molecule has 7 heteroatoms. The fourth-order valence-corrected chi connectivity index (χ4v) is 2.85. The van der Waals surface area contributed by atoms with Gasteiger partial charge in [-0.25, -0.2) is 0 Å². The molecule has 1 amide bonds. The van der Waals surface area contributed by atoms with Gasteiger partial charge in [-0.2, -0.15) is 5.10 Å². The normalized spacial score (nSPS) is 12.4. The van der Waals surface area contributed by atoms with E-state index >= 15 is 0 Å². The predicted octanol–water partition coefficient (Wildman–Crippen LogP) is 2.59. The predicted molar refractivity (Wildman–Crippen MR) is 95.1 cm³/mol. The number of nitrogens with zero attached hydrogens (tertiary/aromatic N) is 2. The van der Waals surface area contributed by atoms with Crippen molar-refractivity contribution in [1.29, 1.82) is 0 Å². The van der Waals surface area contributed by atoms with E-state index in [9.17, 15) is 4.79 Å². The maximum atomic E-state index is 11.5. The first-order valence-electron chi connectivity index (χ1n) is 7.79. The first-order valence-corrected chi connectivity index (χ1v) is 8.17. The van der Waals surface area contributed by atoms with Gasteiger partial charge in [0.05, 0.1) is 16.9 Å². The monoisotopic (exact) mass is 350 g/mol. The molecule has 1 heterocycles. The molecule has 24 heavy (non-hydrogen) atoms. The molecule has 0 fully saturated rings. The smallest absolute Gasteiger partial charge is 0.248 e. The third-order valence-electron chi connectivity index (χ3n) is 3.64. The molecule has 1 atom stereocenters. The second-order valence-electron chi connectivity index (χ2n) is 6.24. The van der Waals surface area contributed by atoms with Crippen molar-refractivity contribution < 1.29 is 9.53 Å². The van der Waals surface area contributed by atoms with E-state index < -0.39 is 5.91 Å². The number of aryl methyl sites for hydroxylation is 1. The molecule has 2 rings (SSSR count). The molecule has 0 radical (unpaired) electrons. The van der Waals surface area contributed by atoms with Crippen LogP contribution in [0.1, 0.15) is 30.6 Å². The highest BCUT2D eigenvalue weighted by Crippen LogP contribution is 2.35. The summed E-state index contributed by atoms with van der Waals surface area (Å²) in [5.74, 6) is 0.564. The van der Waals surface area contributed by atoms with E-state index in [-0.39, 0.29) is 6.04 Å². The Bertz CT molecular complexity index is 708. The van der Waals surface area contributed by atoms with Gasteiger partial charge in [0, 0.05) is 24.2 Å². The molecule has 4 N–H and O–H groups in total. The Morgan fingerprint density at radius 2 is 2.12 bits per heavy atom. The van der Waals surface area contributed by atoms with Crippen LogP contribution in [0.15, 0.2) is 24.4 Å². The van der Waals surface area contributed by atoms with Crippen molar-refractivity contribution in [3.05, 3.63) is 35.0 Å². The van der Waals surface area contributed by atoms with Gasteiger partial charge in [0.2, 0.25) is 5.91 Å². The first-order chi connectivity index (χ1) is 11.3. The molecule has 2 aromatic rings. The number of hydrogen-bond donors (Lipinski definition) is 2. The molecule has 0 saturated heterocycles. The molecule has 1 aromatic carbocycles.